The van der Waals surface area contributed by atoms with E-state index < -0.39 is 0 Å². The van der Waals surface area contributed by atoms with E-state index in [1.807, 2.05) is 26.0 Å². The molecule has 0 aromatic carbocycles. The van der Waals surface area contributed by atoms with Gasteiger partial charge in [0.1, 0.15) is 28.8 Å². The van der Waals surface area contributed by atoms with Gasteiger partial charge in [-0.2, -0.15) is 0 Å². The molecular formula is C21H26N6O2S. The van der Waals surface area contributed by atoms with Crippen LogP contribution in [0.2, 0.25) is 0 Å². The van der Waals surface area contributed by atoms with Crippen LogP contribution < -0.4 is 21.1 Å². The Morgan fingerprint density at radius 1 is 1.27 bits per heavy atom. The first-order valence-corrected chi connectivity index (χ1v) is 11.0. The molecule has 4 rings (SSSR count). The van der Waals surface area contributed by atoms with Gasteiger partial charge in [-0.15, -0.1) is 11.3 Å². The fraction of sp³-hybridized carbons (Fsp3) is 0.429. The van der Waals surface area contributed by atoms with E-state index >= 15 is 0 Å². The van der Waals surface area contributed by atoms with Gasteiger partial charge in [0.05, 0.1) is 10.3 Å². The lowest BCUT2D eigenvalue weighted by Crippen LogP contribution is -2.31. The molecule has 3 heterocycles. The number of thiophene rings is 1. The van der Waals surface area contributed by atoms with Crippen LogP contribution in [0.3, 0.4) is 0 Å². The highest BCUT2D eigenvalue weighted by molar-refractivity contribution is 7.20. The highest BCUT2D eigenvalue weighted by Gasteiger charge is 2.23. The van der Waals surface area contributed by atoms with Crippen LogP contribution in [0.25, 0.3) is 10.2 Å². The SMILES string of the molecule is CCNC(=O)c1sc2ncnc(Nc3cccnc3OC3CCC(N)CC3)c2c1C. The van der Waals surface area contributed by atoms with Crippen LogP contribution in [0.1, 0.15) is 47.8 Å². The van der Waals surface area contributed by atoms with Crippen LogP contribution in [-0.2, 0) is 0 Å². The number of ether oxygens (including phenoxy) is 1. The highest BCUT2D eigenvalue weighted by atomic mass is 32.1. The van der Waals surface area contributed by atoms with Crippen LogP contribution >= 0.6 is 11.3 Å². The minimum Gasteiger partial charge on any atom is -0.473 e. The summed E-state index contributed by atoms with van der Waals surface area (Å²) in [5, 5.41) is 7.04. The van der Waals surface area contributed by atoms with E-state index in [2.05, 4.69) is 25.6 Å². The molecule has 0 aliphatic heterocycles. The summed E-state index contributed by atoms with van der Waals surface area (Å²) >= 11 is 1.37. The van der Waals surface area contributed by atoms with Gasteiger partial charge >= 0.3 is 0 Å². The number of aromatic nitrogens is 3. The lowest BCUT2D eigenvalue weighted by Gasteiger charge is -2.27. The molecule has 0 radical (unpaired) electrons. The average molecular weight is 427 g/mol. The number of rotatable bonds is 6. The third kappa shape index (κ3) is 4.22. The molecule has 1 aliphatic carbocycles. The van der Waals surface area contributed by atoms with Crippen molar-refractivity contribution in [2.75, 3.05) is 11.9 Å². The van der Waals surface area contributed by atoms with Gasteiger partial charge < -0.3 is 21.1 Å². The summed E-state index contributed by atoms with van der Waals surface area (Å²) in [7, 11) is 0. The van der Waals surface area contributed by atoms with Crippen LogP contribution in [0.15, 0.2) is 24.7 Å². The molecule has 9 heteroatoms. The molecular weight excluding hydrogens is 400 g/mol. The van der Waals surface area contributed by atoms with Crippen molar-refractivity contribution in [3.05, 3.63) is 35.1 Å². The number of nitrogens with one attached hydrogen (secondary N) is 2. The van der Waals surface area contributed by atoms with E-state index in [0.29, 0.717) is 23.1 Å². The zero-order valence-corrected chi connectivity index (χ0v) is 18.0. The molecule has 1 aliphatic rings. The van der Waals surface area contributed by atoms with Gasteiger partial charge in [-0.25, -0.2) is 15.0 Å². The molecule has 8 nitrogen and oxygen atoms in total. The van der Waals surface area contributed by atoms with Crippen LogP contribution in [0.5, 0.6) is 5.88 Å². The Labute approximate surface area is 179 Å². The Morgan fingerprint density at radius 2 is 2.07 bits per heavy atom. The van der Waals surface area contributed by atoms with Crippen molar-refractivity contribution < 1.29 is 9.53 Å². The number of amides is 1. The topological polar surface area (TPSA) is 115 Å². The van der Waals surface area contributed by atoms with E-state index in [0.717, 1.165) is 47.2 Å². The van der Waals surface area contributed by atoms with Gasteiger partial charge in [-0.1, -0.05) is 0 Å². The van der Waals surface area contributed by atoms with E-state index in [1.54, 1.807) is 6.20 Å². The largest absolute Gasteiger partial charge is 0.473 e. The number of nitrogens with two attached hydrogens (primary N) is 1. The van der Waals surface area contributed by atoms with Gasteiger partial charge in [0.2, 0.25) is 5.88 Å². The number of hydrogen-bond donors (Lipinski definition) is 3. The monoisotopic (exact) mass is 426 g/mol. The smallest absolute Gasteiger partial charge is 0.261 e. The summed E-state index contributed by atoms with van der Waals surface area (Å²) in [5.74, 6) is 1.08. The van der Waals surface area contributed by atoms with Crippen molar-refractivity contribution in [3.8, 4) is 5.88 Å². The third-order valence-electron chi connectivity index (χ3n) is 5.29. The second kappa shape index (κ2) is 8.93. The molecule has 0 atom stereocenters. The molecule has 1 amide bonds. The summed E-state index contributed by atoms with van der Waals surface area (Å²) in [6.07, 6.45) is 7.10. The first-order chi connectivity index (χ1) is 14.6. The third-order valence-corrected chi connectivity index (χ3v) is 6.49. The first kappa shape index (κ1) is 20.5. The Morgan fingerprint density at radius 3 is 2.83 bits per heavy atom. The fourth-order valence-corrected chi connectivity index (χ4v) is 4.76. The maximum Gasteiger partial charge on any atom is 0.261 e. The second-order valence-corrected chi connectivity index (χ2v) is 8.45. The molecule has 1 fully saturated rings. The maximum absolute atomic E-state index is 12.4. The maximum atomic E-state index is 12.4. The summed E-state index contributed by atoms with van der Waals surface area (Å²) < 4.78 is 6.19. The molecule has 30 heavy (non-hydrogen) atoms. The number of carbonyl (C=O) groups is 1. The molecule has 158 valence electrons. The summed E-state index contributed by atoms with van der Waals surface area (Å²) in [6, 6.07) is 4.03. The van der Waals surface area contributed by atoms with Crippen molar-refractivity contribution in [1.82, 2.24) is 20.3 Å². The predicted molar refractivity (Wildman–Crippen MR) is 119 cm³/mol. The van der Waals surface area contributed by atoms with Crippen molar-refractivity contribution in [2.45, 2.75) is 51.7 Å². The van der Waals surface area contributed by atoms with Crippen molar-refractivity contribution >= 4 is 39.0 Å². The summed E-state index contributed by atoms with van der Waals surface area (Å²) in [6.45, 7) is 4.40. The van der Waals surface area contributed by atoms with Crippen molar-refractivity contribution in [3.63, 3.8) is 0 Å². The number of nitrogens with zero attached hydrogens (tertiary/aromatic N) is 3. The fourth-order valence-electron chi connectivity index (χ4n) is 3.70. The lowest BCUT2D eigenvalue weighted by molar-refractivity contribution is 0.0959. The standard InChI is InChI=1S/C21H26N6O2S/c1-3-23-19(28)17-12(2)16-18(25-11-26-21(16)30-17)27-15-5-4-10-24-20(15)29-14-8-6-13(22)7-9-14/h4-5,10-11,13-14H,3,6-9,22H2,1-2H3,(H,23,28)(H,25,26,27). The molecule has 0 unspecified atom stereocenters. The van der Waals surface area contributed by atoms with E-state index in [9.17, 15) is 4.79 Å². The lowest BCUT2D eigenvalue weighted by atomic mass is 9.94. The molecule has 3 aromatic heterocycles. The molecule has 3 aromatic rings. The first-order valence-electron chi connectivity index (χ1n) is 10.2. The molecule has 0 spiro atoms. The number of anilines is 2. The zero-order valence-electron chi connectivity index (χ0n) is 17.1. The quantitative estimate of drug-likeness (QED) is 0.552. The second-order valence-electron chi connectivity index (χ2n) is 7.45. The van der Waals surface area contributed by atoms with Crippen LogP contribution in [-0.4, -0.2) is 39.5 Å². The Balaban J connectivity index is 1.63. The number of fused-ring (bicyclic) bond motifs is 1. The highest BCUT2D eigenvalue weighted by Crippen LogP contribution is 2.36. The van der Waals surface area contributed by atoms with E-state index in [4.69, 9.17) is 10.5 Å². The van der Waals surface area contributed by atoms with Gasteiger partial charge in [-0.05, 0) is 57.2 Å². The molecule has 1 saturated carbocycles. The van der Waals surface area contributed by atoms with Gasteiger partial charge in [0.15, 0.2) is 0 Å². The number of aryl methyl sites for hydroxylation is 1. The Kier molecular flexibility index (Phi) is 6.10. The van der Waals surface area contributed by atoms with Gasteiger partial charge in [-0.3, -0.25) is 4.79 Å². The summed E-state index contributed by atoms with van der Waals surface area (Å²) in [5.41, 5.74) is 7.60. The number of hydrogen-bond acceptors (Lipinski definition) is 8. The molecule has 0 saturated heterocycles. The van der Waals surface area contributed by atoms with Gasteiger partial charge in [0.25, 0.3) is 5.91 Å². The Hall–Kier alpha value is -2.78. The van der Waals surface area contributed by atoms with Crippen molar-refractivity contribution in [2.24, 2.45) is 5.73 Å². The van der Waals surface area contributed by atoms with Crippen molar-refractivity contribution in [1.29, 1.82) is 0 Å². The minimum absolute atomic E-state index is 0.0927. The van der Waals surface area contributed by atoms with Crippen LogP contribution in [0.4, 0.5) is 11.5 Å². The zero-order chi connectivity index (χ0) is 21.1. The van der Waals surface area contributed by atoms with Crippen LogP contribution in [0, 0.1) is 6.92 Å². The Bertz CT molecular complexity index is 1050. The van der Waals surface area contributed by atoms with E-state index in [-0.39, 0.29) is 18.1 Å². The molecule has 0 bridgehead atoms. The molecule has 4 N–H and O–H groups in total. The minimum atomic E-state index is -0.0927. The van der Waals surface area contributed by atoms with Gasteiger partial charge in [0, 0.05) is 18.8 Å². The predicted octanol–water partition coefficient (Wildman–Crippen LogP) is 3.54. The normalized spacial score (nSPS) is 18.9. The number of carbonyl (C=O) groups excluding carboxylic acids is 1. The average Bonchev–Trinajstić information content (AvgIpc) is 3.09. The number of pyridine rings is 1. The van der Waals surface area contributed by atoms with E-state index in [1.165, 1.54) is 17.7 Å². The summed E-state index contributed by atoms with van der Waals surface area (Å²) in [4.78, 5) is 27.0.